The van der Waals surface area contributed by atoms with Gasteiger partial charge in [0.1, 0.15) is 6.54 Å². The van der Waals surface area contributed by atoms with Gasteiger partial charge in [-0.1, -0.05) is 49.0 Å². The number of carbonyl (C=O) groups excluding carboxylic acids is 2. The van der Waals surface area contributed by atoms with Gasteiger partial charge in [0.05, 0.1) is 7.11 Å². The average Bonchev–Trinajstić information content (AvgIpc) is 2.75. The molecule has 1 amide bonds. The Morgan fingerprint density at radius 3 is 2.57 bits per heavy atom. The number of aromatic amines is 1. The molecule has 162 valence electrons. The molecule has 1 atom stereocenters. The lowest BCUT2D eigenvalue weighted by molar-refractivity contribution is -0.148. The number of thioether (sulfide) groups is 1. The Hall–Kier alpha value is -2.61. The van der Waals surface area contributed by atoms with E-state index in [0.717, 1.165) is 12.0 Å². The van der Waals surface area contributed by atoms with Crippen LogP contribution >= 0.6 is 11.8 Å². The lowest BCUT2D eigenvalue weighted by Gasteiger charge is -2.27. The highest BCUT2D eigenvalue weighted by Crippen LogP contribution is 2.19. The van der Waals surface area contributed by atoms with Crippen molar-refractivity contribution in [1.29, 1.82) is 0 Å². The van der Waals surface area contributed by atoms with E-state index >= 15 is 0 Å². The van der Waals surface area contributed by atoms with E-state index in [-0.39, 0.29) is 36.9 Å². The zero-order valence-electron chi connectivity index (χ0n) is 17.9. The third-order valence-corrected chi connectivity index (χ3v) is 5.92. The summed E-state index contributed by atoms with van der Waals surface area (Å²) in [6.07, 6.45) is 1.12. The molecule has 0 aliphatic heterocycles. The Morgan fingerprint density at radius 1 is 1.27 bits per heavy atom. The van der Waals surface area contributed by atoms with Gasteiger partial charge < -0.3 is 14.6 Å². The van der Waals surface area contributed by atoms with Gasteiger partial charge in [0.2, 0.25) is 5.91 Å². The number of ether oxygens (including phenoxy) is 1. The number of nitrogens with one attached hydrogen (secondary N) is 1. The van der Waals surface area contributed by atoms with Gasteiger partial charge in [0.25, 0.3) is 5.56 Å². The zero-order chi connectivity index (χ0) is 22.1. The summed E-state index contributed by atoms with van der Waals surface area (Å²) in [7, 11) is 1.30. The molecule has 30 heavy (non-hydrogen) atoms. The van der Waals surface area contributed by atoms with E-state index in [1.165, 1.54) is 23.8 Å². The van der Waals surface area contributed by atoms with Gasteiger partial charge >= 0.3 is 5.97 Å². The molecule has 0 aliphatic carbocycles. The number of esters is 1. The molecule has 8 heteroatoms. The molecule has 0 saturated carbocycles. The van der Waals surface area contributed by atoms with Gasteiger partial charge in [-0.3, -0.25) is 14.4 Å². The maximum atomic E-state index is 12.7. The van der Waals surface area contributed by atoms with Crippen molar-refractivity contribution in [3.05, 3.63) is 57.5 Å². The molecule has 0 radical (unpaired) electrons. The molecule has 2 aromatic rings. The smallest absolute Gasteiger partial charge is 0.325 e. The monoisotopic (exact) mass is 431 g/mol. The van der Waals surface area contributed by atoms with Crippen molar-refractivity contribution in [2.75, 3.05) is 13.7 Å². The van der Waals surface area contributed by atoms with E-state index in [0.29, 0.717) is 22.2 Å². The SMILES string of the molecule is CCC(C)N(CC(=O)OC)C(=O)CCc1c(C)nc(SCc2ccccc2)[nH]c1=O. The highest BCUT2D eigenvalue weighted by molar-refractivity contribution is 7.98. The van der Waals surface area contributed by atoms with Crippen LogP contribution in [0.4, 0.5) is 0 Å². The molecule has 0 bridgehead atoms. The van der Waals surface area contributed by atoms with Crippen molar-refractivity contribution in [3.63, 3.8) is 0 Å². The first-order chi connectivity index (χ1) is 14.3. The molecule has 1 unspecified atom stereocenters. The largest absolute Gasteiger partial charge is 0.468 e. The fourth-order valence-corrected chi connectivity index (χ4v) is 3.82. The Balaban J connectivity index is 2.04. The van der Waals surface area contributed by atoms with Gasteiger partial charge in [-0.05, 0) is 32.3 Å². The topological polar surface area (TPSA) is 92.4 Å². The van der Waals surface area contributed by atoms with Crippen LogP contribution in [-0.2, 0) is 26.5 Å². The minimum absolute atomic E-state index is 0.0903. The van der Waals surface area contributed by atoms with Crippen LogP contribution in [0.1, 0.15) is 43.5 Å². The summed E-state index contributed by atoms with van der Waals surface area (Å²) in [5.41, 5.74) is 2.03. The van der Waals surface area contributed by atoms with Crippen LogP contribution in [-0.4, -0.2) is 46.4 Å². The van der Waals surface area contributed by atoms with Crippen molar-refractivity contribution in [2.24, 2.45) is 0 Å². The number of aromatic nitrogens is 2. The number of hydrogen-bond acceptors (Lipinski definition) is 6. The number of amides is 1. The Morgan fingerprint density at radius 2 is 1.97 bits per heavy atom. The molecule has 0 fully saturated rings. The molecule has 2 rings (SSSR count). The normalized spacial score (nSPS) is 11.7. The number of aryl methyl sites for hydroxylation is 1. The number of H-pyrrole nitrogens is 1. The van der Waals surface area contributed by atoms with Crippen LogP contribution in [0, 0.1) is 6.92 Å². The molecule has 0 saturated heterocycles. The molecule has 7 nitrogen and oxygen atoms in total. The second-order valence-corrected chi connectivity index (χ2v) is 8.03. The maximum Gasteiger partial charge on any atom is 0.325 e. The number of benzene rings is 1. The first kappa shape index (κ1) is 23.7. The molecule has 1 N–H and O–H groups in total. The van der Waals surface area contributed by atoms with Crippen molar-refractivity contribution in [2.45, 2.75) is 57.0 Å². The second kappa shape index (κ2) is 11.5. The zero-order valence-corrected chi connectivity index (χ0v) is 18.8. The summed E-state index contributed by atoms with van der Waals surface area (Å²) in [5, 5.41) is 0.559. The average molecular weight is 432 g/mol. The van der Waals surface area contributed by atoms with Crippen molar-refractivity contribution >= 4 is 23.6 Å². The summed E-state index contributed by atoms with van der Waals surface area (Å²) < 4.78 is 4.69. The van der Waals surface area contributed by atoms with Gasteiger partial charge in [-0.25, -0.2) is 4.98 Å². The summed E-state index contributed by atoms with van der Waals surface area (Å²) >= 11 is 1.46. The van der Waals surface area contributed by atoms with E-state index in [4.69, 9.17) is 4.74 Å². The quantitative estimate of drug-likeness (QED) is 0.353. The van der Waals surface area contributed by atoms with Crippen molar-refractivity contribution in [3.8, 4) is 0 Å². The van der Waals surface area contributed by atoms with E-state index in [9.17, 15) is 14.4 Å². The van der Waals surface area contributed by atoms with E-state index in [2.05, 4.69) is 9.97 Å². The Kier molecular flexibility index (Phi) is 9.11. The Bertz CT molecular complexity index is 914. The first-order valence-electron chi connectivity index (χ1n) is 9.98. The van der Waals surface area contributed by atoms with Crippen LogP contribution in [0.3, 0.4) is 0 Å². The lowest BCUT2D eigenvalue weighted by atomic mass is 10.1. The van der Waals surface area contributed by atoms with Gasteiger partial charge in [0.15, 0.2) is 5.16 Å². The van der Waals surface area contributed by atoms with Crippen LogP contribution < -0.4 is 5.56 Å². The maximum absolute atomic E-state index is 12.7. The predicted molar refractivity (Wildman–Crippen MR) is 117 cm³/mol. The second-order valence-electron chi connectivity index (χ2n) is 7.06. The van der Waals surface area contributed by atoms with E-state index in [1.54, 1.807) is 6.92 Å². The van der Waals surface area contributed by atoms with Crippen LogP contribution in [0.15, 0.2) is 40.3 Å². The fraction of sp³-hybridized carbons (Fsp3) is 0.455. The highest BCUT2D eigenvalue weighted by Gasteiger charge is 2.22. The van der Waals surface area contributed by atoms with Gasteiger partial charge in [-0.15, -0.1) is 0 Å². The summed E-state index contributed by atoms with van der Waals surface area (Å²) in [5.74, 6) is 0.0635. The third kappa shape index (κ3) is 6.73. The standard InChI is InChI=1S/C22H29N3O4S/c1-5-15(2)25(13-20(27)29-4)19(26)12-11-18-16(3)23-22(24-21(18)28)30-14-17-9-7-6-8-10-17/h6-10,15H,5,11-14H2,1-4H3,(H,23,24,28). The Labute approximate surface area is 181 Å². The lowest BCUT2D eigenvalue weighted by Crippen LogP contribution is -2.42. The fourth-order valence-electron chi connectivity index (χ4n) is 2.96. The van der Waals surface area contributed by atoms with Crippen molar-refractivity contribution < 1.29 is 14.3 Å². The minimum atomic E-state index is -0.459. The molecule has 1 aromatic heterocycles. The number of carbonyl (C=O) groups is 2. The van der Waals surface area contributed by atoms with E-state index in [1.807, 2.05) is 44.2 Å². The van der Waals surface area contributed by atoms with Crippen molar-refractivity contribution in [1.82, 2.24) is 14.9 Å². The van der Waals surface area contributed by atoms with E-state index < -0.39 is 5.97 Å². The summed E-state index contributed by atoms with van der Waals surface area (Å²) in [6, 6.07) is 9.86. The highest BCUT2D eigenvalue weighted by atomic mass is 32.2. The molecular formula is C22H29N3O4S. The van der Waals surface area contributed by atoms with Crippen LogP contribution in [0.5, 0.6) is 0 Å². The minimum Gasteiger partial charge on any atom is -0.468 e. The summed E-state index contributed by atoms with van der Waals surface area (Å²) in [6.45, 7) is 5.53. The number of nitrogens with zero attached hydrogens (tertiary/aromatic N) is 2. The van der Waals surface area contributed by atoms with Crippen LogP contribution in [0.2, 0.25) is 0 Å². The molecule has 1 aromatic carbocycles. The predicted octanol–water partition coefficient (Wildman–Crippen LogP) is 3.10. The number of methoxy groups -OCH3 is 1. The van der Waals surface area contributed by atoms with Gasteiger partial charge in [0, 0.05) is 29.5 Å². The molecular weight excluding hydrogens is 402 g/mol. The number of rotatable bonds is 10. The van der Waals surface area contributed by atoms with Gasteiger partial charge in [-0.2, -0.15) is 0 Å². The summed E-state index contributed by atoms with van der Waals surface area (Å²) in [4.78, 5) is 45.7. The number of hydrogen-bond donors (Lipinski definition) is 1. The van der Waals surface area contributed by atoms with Crippen LogP contribution in [0.25, 0.3) is 0 Å². The first-order valence-corrected chi connectivity index (χ1v) is 11.0. The molecule has 0 spiro atoms. The third-order valence-electron chi connectivity index (χ3n) is 4.98. The molecule has 1 heterocycles. The molecule has 0 aliphatic rings.